The molecule has 2 aromatic heterocycles. The number of carboxylic acid groups (broad SMARTS) is 2. The molecule has 12 heteroatoms. The minimum Gasteiger partial charge on any atom is -0.479 e. The van der Waals surface area contributed by atoms with E-state index in [0.29, 0.717) is 13.0 Å². The number of hydrogen-bond acceptors (Lipinski definition) is 6. The summed E-state index contributed by atoms with van der Waals surface area (Å²) < 4.78 is 25.5. The van der Waals surface area contributed by atoms with Crippen molar-refractivity contribution in [3.8, 4) is 6.07 Å². The van der Waals surface area contributed by atoms with E-state index in [2.05, 4.69) is 16.0 Å². The topological polar surface area (TPSA) is 196 Å². The van der Waals surface area contributed by atoms with Crippen LogP contribution in [-0.4, -0.2) is 61.1 Å². The van der Waals surface area contributed by atoms with Crippen LogP contribution in [0.5, 0.6) is 0 Å². The lowest BCUT2D eigenvalue weighted by Gasteiger charge is -2.07. The van der Waals surface area contributed by atoms with Crippen LogP contribution in [-0.2, 0) is 22.4 Å². The van der Waals surface area contributed by atoms with Crippen LogP contribution in [0.15, 0.2) is 48.8 Å². The van der Waals surface area contributed by atoms with Gasteiger partial charge in [-0.05, 0) is 60.5 Å². The number of aliphatic carboxylic acids is 2. The van der Waals surface area contributed by atoms with E-state index in [1.165, 1.54) is 24.3 Å². The molecular formula is C24H24F2N4O6. The highest BCUT2D eigenvalue weighted by Gasteiger charge is 2.29. The third kappa shape index (κ3) is 7.34. The Balaban J connectivity index is 0.000000193. The number of H-pyrrole nitrogens is 2. The molecule has 2 aromatic carbocycles. The molecule has 0 saturated heterocycles. The van der Waals surface area contributed by atoms with Crippen molar-refractivity contribution in [2.75, 3.05) is 6.54 Å². The fraction of sp³-hybridized carbons (Fsp3) is 0.208. The molecule has 0 aliphatic heterocycles. The number of carbonyl (C=O) groups is 2. The smallest absolute Gasteiger partial charge is 0.335 e. The van der Waals surface area contributed by atoms with Crippen molar-refractivity contribution in [1.82, 2.24) is 9.97 Å². The number of aromatic amines is 2. The minimum absolute atomic E-state index is 0.214. The van der Waals surface area contributed by atoms with Crippen molar-refractivity contribution >= 4 is 33.7 Å². The zero-order valence-corrected chi connectivity index (χ0v) is 18.8. The monoisotopic (exact) mass is 502 g/mol. The highest BCUT2D eigenvalue weighted by Crippen LogP contribution is 2.20. The number of nitrogens with two attached hydrogens (primary N) is 1. The zero-order valence-electron chi connectivity index (χ0n) is 18.8. The number of benzene rings is 2. The van der Waals surface area contributed by atoms with Gasteiger partial charge in [0, 0.05) is 34.2 Å². The lowest BCUT2D eigenvalue weighted by atomic mass is 10.1. The number of nitrogens with zero attached hydrogens (tertiary/aromatic N) is 1. The van der Waals surface area contributed by atoms with Gasteiger partial charge >= 0.3 is 11.9 Å². The molecule has 0 spiro atoms. The summed E-state index contributed by atoms with van der Waals surface area (Å²) in [4.78, 5) is 25.5. The Morgan fingerprint density at radius 2 is 1.33 bits per heavy atom. The van der Waals surface area contributed by atoms with Gasteiger partial charge in [-0.25, -0.2) is 18.4 Å². The van der Waals surface area contributed by atoms with Crippen molar-refractivity contribution in [2.24, 2.45) is 5.73 Å². The van der Waals surface area contributed by atoms with E-state index in [0.717, 1.165) is 39.4 Å². The van der Waals surface area contributed by atoms with Crippen LogP contribution in [0.2, 0.25) is 0 Å². The van der Waals surface area contributed by atoms with Crippen LogP contribution in [0, 0.1) is 23.0 Å². The molecule has 0 aliphatic rings. The summed E-state index contributed by atoms with van der Waals surface area (Å²) in [7, 11) is 0. The first-order valence-electron chi connectivity index (χ1n) is 10.5. The Bertz CT molecular complexity index is 1360. The van der Waals surface area contributed by atoms with Gasteiger partial charge < -0.3 is 36.1 Å². The number of fused-ring (bicyclic) bond motifs is 2. The van der Waals surface area contributed by atoms with Crippen LogP contribution >= 0.6 is 0 Å². The van der Waals surface area contributed by atoms with E-state index in [1.54, 1.807) is 18.3 Å². The number of aromatic nitrogens is 2. The minimum atomic E-state index is -2.27. The first-order chi connectivity index (χ1) is 17.1. The van der Waals surface area contributed by atoms with Crippen molar-refractivity contribution in [3.63, 3.8) is 0 Å². The first-order valence-corrected chi connectivity index (χ1v) is 10.5. The largest absolute Gasteiger partial charge is 0.479 e. The van der Waals surface area contributed by atoms with Crippen molar-refractivity contribution in [2.45, 2.75) is 25.0 Å². The Labute approximate surface area is 203 Å². The molecule has 4 aromatic rings. The number of hydrogen-bond donors (Lipinski definition) is 7. The molecule has 0 amide bonds. The number of rotatable bonds is 6. The van der Waals surface area contributed by atoms with Crippen LogP contribution in [0.3, 0.4) is 0 Å². The first kappa shape index (κ1) is 27.9. The van der Waals surface area contributed by atoms with Crippen LogP contribution in [0.1, 0.15) is 11.1 Å². The predicted molar refractivity (Wildman–Crippen MR) is 126 cm³/mol. The molecule has 36 heavy (non-hydrogen) atoms. The van der Waals surface area contributed by atoms with Gasteiger partial charge in [0.15, 0.2) is 12.2 Å². The summed E-state index contributed by atoms with van der Waals surface area (Å²) in [6, 6.07) is 11.3. The maximum atomic E-state index is 12.8. The van der Waals surface area contributed by atoms with Crippen LogP contribution < -0.4 is 5.73 Å². The summed E-state index contributed by atoms with van der Waals surface area (Å²) in [6.45, 7) is 0.615. The number of nitriles is 1. The number of carboxylic acids is 2. The number of aliphatic hydroxyl groups excluding tert-OH is 2. The fourth-order valence-corrected chi connectivity index (χ4v) is 3.18. The van der Waals surface area contributed by atoms with Crippen LogP contribution in [0.25, 0.3) is 21.8 Å². The fourth-order valence-electron chi connectivity index (χ4n) is 3.18. The van der Waals surface area contributed by atoms with Gasteiger partial charge in [-0.3, -0.25) is 0 Å². The van der Waals surface area contributed by atoms with Gasteiger partial charge in [-0.1, -0.05) is 0 Å². The number of nitrogens with one attached hydrogen (secondary N) is 2. The lowest BCUT2D eigenvalue weighted by molar-refractivity contribution is -0.165. The van der Waals surface area contributed by atoms with Gasteiger partial charge in [-0.2, -0.15) is 5.26 Å². The Kier molecular flexibility index (Phi) is 10.1. The quantitative estimate of drug-likeness (QED) is 0.208. The molecule has 2 atom stereocenters. The van der Waals surface area contributed by atoms with Gasteiger partial charge in [-0.15, -0.1) is 0 Å². The molecule has 190 valence electrons. The van der Waals surface area contributed by atoms with E-state index in [-0.39, 0.29) is 11.6 Å². The zero-order chi connectivity index (χ0) is 26.8. The molecule has 2 heterocycles. The summed E-state index contributed by atoms with van der Waals surface area (Å²) in [5.74, 6) is -4.02. The number of halogens is 2. The van der Waals surface area contributed by atoms with Crippen molar-refractivity contribution in [3.05, 3.63) is 71.6 Å². The maximum absolute atomic E-state index is 12.8. The summed E-state index contributed by atoms with van der Waals surface area (Å²) in [5, 5.41) is 43.0. The van der Waals surface area contributed by atoms with Gasteiger partial charge in [0.05, 0.1) is 12.5 Å². The summed E-state index contributed by atoms with van der Waals surface area (Å²) in [5.41, 5.74) is 9.10. The molecule has 0 radical (unpaired) electrons. The van der Waals surface area contributed by atoms with Crippen molar-refractivity contribution in [1.29, 1.82) is 5.26 Å². The Morgan fingerprint density at radius 1 is 0.889 bits per heavy atom. The second kappa shape index (κ2) is 13.0. The second-order valence-corrected chi connectivity index (χ2v) is 7.45. The van der Waals surface area contributed by atoms with Gasteiger partial charge in [0.2, 0.25) is 0 Å². The SMILES string of the molecule is N#CCc1c[nH]c2cc(F)ccc12.NCCc1c[nH]c2cc(F)ccc12.O=C(O)[C@@H](O)[C@H](O)C(=O)O. The Hall–Kier alpha value is -4.31. The molecule has 4 rings (SSSR count). The highest BCUT2D eigenvalue weighted by atomic mass is 19.1. The molecule has 0 aliphatic carbocycles. The lowest BCUT2D eigenvalue weighted by Crippen LogP contribution is -2.39. The summed E-state index contributed by atoms with van der Waals surface area (Å²) in [6.07, 6.45) is 0.275. The standard InChI is InChI=1S/C10H11FN2.C10H7FN2.C4H6O6/c2*11-8-1-2-9-7(3-4-12)6-13-10(9)5-8;5-1(3(7)8)2(6)4(9)10/h1-2,5-6,13H,3-4,12H2;1-2,5-6,13H,3H2;1-2,5-6H,(H,7,8)(H,9,10)/t;;1-,2-/m..0/s1. The van der Waals surface area contributed by atoms with Gasteiger partial charge in [0.1, 0.15) is 11.6 Å². The third-order valence-corrected chi connectivity index (χ3v) is 4.95. The molecule has 10 nitrogen and oxygen atoms in total. The molecule has 0 unspecified atom stereocenters. The predicted octanol–water partition coefficient (Wildman–Crippen LogP) is 2.06. The summed E-state index contributed by atoms with van der Waals surface area (Å²) >= 11 is 0. The average molecular weight is 502 g/mol. The second-order valence-electron chi connectivity index (χ2n) is 7.45. The third-order valence-electron chi connectivity index (χ3n) is 4.95. The Morgan fingerprint density at radius 3 is 1.75 bits per heavy atom. The highest BCUT2D eigenvalue weighted by molar-refractivity contribution is 5.84. The molecule has 8 N–H and O–H groups in total. The average Bonchev–Trinajstić information content (AvgIpc) is 3.42. The maximum Gasteiger partial charge on any atom is 0.335 e. The van der Waals surface area contributed by atoms with Gasteiger partial charge in [0.25, 0.3) is 0 Å². The normalized spacial score (nSPS) is 12.0. The van der Waals surface area contributed by atoms with E-state index in [9.17, 15) is 18.4 Å². The molecule has 0 saturated carbocycles. The van der Waals surface area contributed by atoms with E-state index < -0.39 is 24.1 Å². The van der Waals surface area contributed by atoms with Crippen molar-refractivity contribution < 1.29 is 38.8 Å². The number of aliphatic hydroxyl groups is 2. The molecule has 0 fully saturated rings. The van der Waals surface area contributed by atoms with E-state index in [4.69, 9.17) is 31.4 Å². The molecular weight excluding hydrogens is 478 g/mol. The molecule has 0 bridgehead atoms. The van der Waals surface area contributed by atoms with E-state index >= 15 is 0 Å². The van der Waals surface area contributed by atoms with E-state index in [1.807, 2.05) is 6.20 Å². The van der Waals surface area contributed by atoms with Crippen LogP contribution in [0.4, 0.5) is 8.78 Å².